The third-order valence-corrected chi connectivity index (χ3v) is 3.03. The van der Waals surface area contributed by atoms with E-state index in [1.807, 2.05) is 0 Å². The molecule has 0 heterocycles. The topological polar surface area (TPSA) is 131 Å². The van der Waals surface area contributed by atoms with Gasteiger partial charge in [-0.15, -0.1) is 0 Å². The van der Waals surface area contributed by atoms with Crippen LogP contribution in [0.25, 0.3) is 0 Å². The van der Waals surface area contributed by atoms with E-state index in [1.54, 1.807) is 24.3 Å². The number of aliphatic carboxylic acids is 1. The van der Waals surface area contributed by atoms with E-state index in [-0.39, 0.29) is 6.54 Å². The van der Waals surface area contributed by atoms with Crippen LogP contribution in [-0.2, 0) is 16.1 Å². The Labute approximate surface area is 134 Å². The molecule has 0 aliphatic carbocycles. The van der Waals surface area contributed by atoms with E-state index >= 15 is 0 Å². The molecule has 1 atom stereocenters. The number of esters is 1. The van der Waals surface area contributed by atoms with E-state index in [9.17, 15) is 19.5 Å². The van der Waals surface area contributed by atoms with Crippen LogP contribution >= 0.6 is 0 Å². The van der Waals surface area contributed by atoms with Gasteiger partial charge in [0, 0.05) is 25.6 Å². The fraction of sp³-hybridized carbons (Fsp3) is 0.400. The minimum atomic E-state index is -0.992. The summed E-state index contributed by atoms with van der Waals surface area (Å²) in [5.41, 5.74) is 5.62. The van der Waals surface area contributed by atoms with Crippen LogP contribution in [0.3, 0.4) is 0 Å². The highest BCUT2D eigenvalue weighted by atomic mass is 16.5. The molecular weight excluding hydrogens is 302 g/mol. The molecule has 0 saturated carbocycles. The van der Waals surface area contributed by atoms with Crippen LogP contribution in [0, 0.1) is 0 Å². The lowest BCUT2D eigenvalue weighted by Crippen LogP contribution is -2.37. The molecule has 2 amide bonds. The number of nitrogens with one attached hydrogen (secondary N) is 2. The molecule has 1 aromatic carbocycles. The van der Waals surface area contributed by atoms with Crippen LogP contribution in [0.15, 0.2) is 24.3 Å². The molecule has 0 saturated heterocycles. The Balaban J connectivity index is 2.56. The SMILES string of the molecule is CC(=O)Oc1ccccc1CN[C@@H](CCCNC(N)=O)C(=O)O. The van der Waals surface area contributed by atoms with Crippen LogP contribution in [0.1, 0.15) is 25.3 Å². The summed E-state index contributed by atoms with van der Waals surface area (Å²) in [7, 11) is 0. The highest BCUT2D eigenvalue weighted by molar-refractivity contribution is 5.73. The molecule has 8 heteroatoms. The lowest BCUT2D eigenvalue weighted by atomic mass is 10.1. The van der Waals surface area contributed by atoms with E-state index in [2.05, 4.69) is 10.6 Å². The van der Waals surface area contributed by atoms with E-state index in [1.165, 1.54) is 6.92 Å². The average Bonchev–Trinajstić information content (AvgIpc) is 2.46. The van der Waals surface area contributed by atoms with Gasteiger partial charge in [-0.1, -0.05) is 18.2 Å². The number of benzene rings is 1. The second-order valence-corrected chi connectivity index (χ2v) is 4.91. The van der Waals surface area contributed by atoms with Gasteiger partial charge in [0.1, 0.15) is 11.8 Å². The minimum Gasteiger partial charge on any atom is -0.480 e. The maximum atomic E-state index is 11.3. The Morgan fingerprint density at radius 1 is 1.30 bits per heavy atom. The molecule has 126 valence electrons. The van der Waals surface area contributed by atoms with Crippen molar-refractivity contribution in [3.63, 3.8) is 0 Å². The first kappa shape index (κ1) is 18.4. The Kier molecular flexibility index (Phi) is 7.55. The molecule has 0 radical (unpaired) electrons. The highest BCUT2D eigenvalue weighted by Crippen LogP contribution is 2.18. The van der Waals surface area contributed by atoms with Crippen molar-refractivity contribution in [1.82, 2.24) is 10.6 Å². The van der Waals surface area contributed by atoms with E-state index in [0.29, 0.717) is 30.7 Å². The van der Waals surface area contributed by atoms with Crippen molar-refractivity contribution in [3.05, 3.63) is 29.8 Å². The number of carbonyl (C=O) groups excluding carboxylic acids is 2. The van der Waals surface area contributed by atoms with Gasteiger partial charge in [-0.25, -0.2) is 4.79 Å². The molecule has 1 aromatic rings. The number of rotatable bonds is 9. The second-order valence-electron chi connectivity index (χ2n) is 4.91. The summed E-state index contributed by atoms with van der Waals surface area (Å²) in [5.74, 6) is -1.04. The minimum absolute atomic E-state index is 0.240. The largest absolute Gasteiger partial charge is 0.480 e. The van der Waals surface area contributed by atoms with E-state index in [0.717, 1.165) is 0 Å². The van der Waals surface area contributed by atoms with Crippen molar-refractivity contribution in [1.29, 1.82) is 0 Å². The van der Waals surface area contributed by atoms with Crippen molar-refractivity contribution in [2.24, 2.45) is 5.73 Å². The maximum Gasteiger partial charge on any atom is 0.320 e. The number of hydrogen-bond donors (Lipinski definition) is 4. The Hall–Kier alpha value is -2.61. The molecular formula is C15H21N3O5. The van der Waals surface area contributed by atoms with E-state index in [4.69, 9.17) is 10.5 Å². The highest BCUT2D eigenvalue weighted by Gasteiger charge is 2.17. The Bertz CT molecular complexity index is 562. The van der Waals surface area contributed by atoms with Gasteiger partial charge in [-0.3, -0.25) is 9.59 Å². The summed E-state index contributed by atoms with van der Waals surface area (Å²) in [6, 6.07) is 5.47. The first-order chi connectivity index (χ1) is 10.9. The zero-order valence-corrected chi connectivity index (χ0v) is 12.9. The first-order valence-corrected chi connectivity index (χ1v) is 7.16. The zero-order chi connectivity index (χ0) is 17.2. The van der Waals surface area contributed by atoms with Crippen LogP contribution < -0.4 is 21.1 Å². The number of carboxylic acid groups (broad SMARTS) is 1. The summed E-state index contributed by atoms with van der Waals surface area (Å²) < 4.78 is 5.08. The molecule has 0 aromatic heterocycles. The fourth-order valence-corrected chi connectivity index (χ4v) is 1.97. The number of ether oxygens (including phenoxy) is 1. The predicted molar refractivity (Wildman–Crippen MR) is 82.8 cm³/mol. The molecule has 1 rings (SSSR count). The summed E-state index contributed by atoms with van der Waals surface area (Å²) in [4.78, 5) is 32.9. The maximum absolute atomic E-state index is 11.3. The monoisotopic (exact) mass is 323 g/mol. The molecule has 0 bridgehead atoms. The van der Waals surface area contributed by atoms with Crippen LogP contribution in [-0.4, -0.2) is 35.7 Å². The first-order valence-electron chi connectivity index (χ1n) is 7.16. The average molecular weight is 323 g/mol. The van der Waals surface area contributed by atoms with Gasteiger partial charge in [0.25, 0.3) is 0 Å². The van der Waals surface area contributed by atoms with Gasteiger partial charge in [-0.2, -0.15) is 0 Å². The third kappa shape index (κ3) is 7.28. The van der Waals surface area contributed by atoms with Gasteiger partial charge in [0.2, 0.25) is 0 Å². The van der Waals surface area contributed by atoms with Crippen molar-refractivity contribution < 1.29 is 24.2 Å². The number of carboxylic acids is 1. The molecule has 8 nitrogen and oxygen atoms in total. The van der Waals surface area contributed by atoms with E-state index < -0.39 is 24.0 Å². The molecule has 5 N–H and O–H groups in total. The van der Waals surface area contributed by atoms with Crippen LogP contribution in [0.4, 0.5) is 4.79 Å². The van der Waals surface area contributed by atoms with Crippen molar-refractivity contribution >= 4 is 18.0 Å². The number of carbonyl (C=O) groups is 3. The second kappa shape index (κ2) is 9.42. The Morgan fingerprint density at radius 2 is 2.00 bits per heavy atom. The number of para-hydroxylation sites is 1. The van der Waals surface area contributed by atoms with Gasteiger partial charge >= 0.3 is 18.0 Å². The van der Waals surface area contributed by atoms with Crippen molar-refractivity contribution in [2.45, 2.75) is 32.4 Å². The fourth-order valence-electron chi connectivity index (χ4n) is 1.97. The quantitative estimate of drug-likeness (QED) is 0.299. The predicted octanol–water partition coefficient (Wildman–Crippen LogP) is 0.603. The lowest BCUT2D eigenvalue weighted by Gasteiger charge is -2.16. The van der Waals surface area contributed by atoms with Gasteiger partial charge in [0.15, 0.2) is 0 Å². The normalized spacial score (nSPS) is 11.5. The van der Waals surface area contributed by atoms with Gasteiger partial charge in [-0.05, 0) is 18.9 Å². The Morgan fingerprint density at radius 3 is 2.61 bits per heavy atom. The lowest BCUT2D eigenvalue weighted by molar-refractivity contribution is -0.139. The number of primary amides is 1. The molecule has 0 unspecified atom stereocenters. The smallest absolute Gasteiger partial charge is 0.320 e. The van der Waals surface area contributed by atoms with Crippen LogP contribution in [0.5, 0.6) is 5.75 Å². The van der Waals surface area contributed by atoms with Gasteiger partial charge in [0.05, 0.1) is 0 Å². The number of hydrogen-bond acceptors (Lipinski definition) is 5. The third-order valence-electron chi connectivity index (χ3n) is 3.03. The summed E-state index contributed by atoms with van der Waals surface area (Å²) >= 11 is 0. The standard InChI is InChI=1S/C15H21N3O5/c1-10(19)23-13-7-3-2-5-11(13)9-18-12(14(20)21)6-4-8-17-15(16)22/h2-3,5,7,12,18H,4,6,8-9H2,1H3,(H,20,21)(H3,16,17,22)/t12-/m0/s1. The number of nitrogens with two attached hydrogens (primary N) is 1. The molecule has 23 heavy (non-hydrogen) atoms. The number of amides is 2. The summed E-state index contributed by atoms with van der Waals surface area (Å²) in [6.45, 7) is 1.85. The van der Waals surface area contributed by atoms with Gasteiger partial charge < -0.3 is 26.2 Å². The summed E-state index contributed by atoms with van der Waals surface area (Å²) in [6.07, 6.45) is 0.795. The molecule has 0 fully saturated rings. The molecule has 0 aliphatic heterocycles. The molecule has 0 aliphatic rings. The number of urea groups is 1. The molecule has 0 spiro atoms. The van der Waals surface area contributed by atoms with Crippen molar-refractivity contribution in [2.75, 3.05) is 6.54 Å². The summed E-state index contributed by atoms with van der Waals surface area (Å²) in [5, 5.41) is 14.5. The van der Waals surface area contributed by atoms with Crippen LogP contribution in [0.2, 0.25) is 0 Å². The van der Waals surface area contributed by atoms with Crippen molar-refractivity contribution in [3.8, 4) is 5.75 Å². The zero-order valence-electron chi connectivity index (χ0n) is 12.9.